The molecule has 1 saturated carbocycles. The third-order valence-electron chi connectivity index (χ3n) is 4.26. The van der Waals surface area contributed by atoms with Gasteiger partial charge in [0.25, 0.3) is 0 Å². The van der Waals surface area contributed by atoms with E-state index in [9.17, 15) is 13.6 Å². The summed E-state index contributed by atoms with van der Waals surface area (Å²) in [5.74, 6) is -1.56. The van der Waals surface area contributed by atoms with Crippen molar-refractivity contribution in [2.75, 3.05) is 19.6 Å². The first-order chi connectivity index (χ1) is 9.58. The van der Waals surface area contributed by atoms with Gasteiger partial charge in [-0.15, -0.1) is 0 Å². The lowest BCUT2D eigenvalue weighted by Crippen LogP contribution is -2.52. The largest absolute Gasteiger partial charge is 0.337 e. The number of carbonyl (C=O) groups excluding carboxylic acids is 1. The van der Waals surface area contributed by atoms with Crippen LogP contribution in [0.15, 0.2) is 18.2 Å². The molecule has 108 valence electrons. The van der Waals surface area contributed by atoms with Crippen molar-refractivity contribution in [2.45, 2.75) is 25.3 Å². The highest BCUT2D eigenvalue weighted by molar-refractivity contribution is 5.83. The molecular formula is C15H18F2N2O. The van der Waals surface area contributed by atoms with Gasteiger partial charge < -0.3 is 10.2 Å². The lowest BCUT2D eigenvalue weighted by atomic mass is 10.1. The van der Waals surface area contributed by atoms with E-state index in [1.54, 1.807) is 6.07 Å². The van der Waals surface area contributed by atoms with Gasteiger partial charge in [-0.05, 0) is 37.0 Å². The molecule has 2 unspecified atom stereocenters. The number of halogens is 2. The van der Waals surface area contributed by atoms with Gasteiger partial charge in [0.2, 0.25) is 5.91 Å². The minimum absolute atomic E-state index is 0.0414. The van der Waals surface area contributed by atoms with Crippen LogP contribution in [0.3, 0.4) is 0 Å². The van der Waals surface area contributed by atoms with Crippen LogP contribution in [0.1, 0.15) is 24.8 Å². The molecule has 1 aliphatic heterocycles. The zero-order chi connectivity index (χ0) is 14.3. The molecule has 0 aromatic heterocycles. The molecule has 1 aliphatic carbocycles. The zero-order valence-corrected chi connectivity index (χ0v) is 11.4. The molecule has 3 nitrogen and oxygen atoms in total. The smallest absolute Gasteiger partial charge is 0.226 e. The quantitative estimate of drug-likeness (QED) is 0.897. The molecule has 20 heavy (non-hydrogen) atoms. The fourth-order valence-electron chi connectivity index (χ4n) is 2.96. The van der Waals surface area contributed by atoms with E-state index < -0.39 is 11.6 Å². The minimum atomic E-state index is -0.840. The van der Waals surface area contributed by atoms with Crippen LogP contribution in [0.2, 0.25) is 0 Å². The maximum absolute atomic E-state index is 13.2. The summed E-state index contributed by atoms with van der Waals surface area (Å²) >= 11 is 0. The number of nitrogens with one attached hydrogen (secondary N) is 1. The first-order valence-electron chi connectivity index (χ1n) is 7.04. The predicted octanol–water partition coefficient (Wildman–Crippen LogP) is 1.89. The predicted molar refractivity (Wildman–Crippen MR) is 71.3 cm³/mol. The van der Waals surface area contributed by atoms with E-state index in [1.807, 2.05) is 11.8 Å². The number of benzene rings is 1. The van der Waals surface area contributed by atoms with Crippen molar-refractivity contribution in [3.05, 3.63) is 35.4 Å². The average Bonchev–Trinajstić information content (AvgIpc) is 3.22. The van der Waals surface area contributed by atoms with E-state index in [0.717, 1.165) is 37.7 Å². The van der Waals surface area contributed by atoms with Crippen LogP contribution in [0.25, 0.3) is 0 Å². The Labute approximate surface area is 117 Å². The normalized spacial score (nSPS) is 29.4. The average molecular weight is 280 g/mol. The van der Waals surface area contributed by atoms with Crippen LogP contribution in [0.4, 0.5) is 8.78 Å². The van der Waals surface area contributed by atoms with Gasteiger partial charge in [-0.25, -0.2) is 8.78 Å². The maximum Gasteiger partial charge on any atom is 0.226 e. The van der Waals surface area contributed by atoms with Crippen molar-refractivity contribution in [3.8, 4) is 0 Å². The van der Waals surface area contributed by atoms with E-state index in [-0.39, 0.29) is 23.8 Å². The lowest BCUT2D eigenvalue weighted by molar-refractivity contribution is -0.135. The van der Waals surface area contributed by atoms with Crippen LogP contribution in [0.5, 0.6) is 0 Å². The Morgan fingerprint density at radius 2 is 2.15 bits per heavy atom. The molecule has 0 bridgehead atoms. The number of rotatable bonds is 2. The second-order valence-electron chi connectivity index (χ2n) is 5.71. The summed E-state index contributed by atoms with van der Waals surface area (Å²) in [6.07, 6.45) is 0.737. The lowest BCUT2D eigenvalue weighted by Gasteiger charge is -2.34. The van der Waals surface area contributed by atoms with Gasteiger partial charge >= 0.3 is 0 Å². The first-order valence-corrected chi connectivity index (χ1v) is 7.04. The highest BCUT2D eigenvalue weighted by Gasteiger charge is 2.46. The van der Waals surface area contributed by atoms with E-state index in [1.165, 1.54) is 6.07 Å². The number of carbonyl (C=O) groups is 1. The number of piperazine rings is 1. The Hall–Kier alpha value is -1.49. The standard InChI is InChI=1S/C15H18F2N2O/c1-9-8-18-4-5-19(9)15(20)12-7-11(12)10-2-3-13(16)14(17)6-10/h2-3,6,9,11-12,18H,4-5,7-8H2,1H3/t9-,11?,12?/m0/s1. The Bertz CT molecular complexity index is 535. The van der Waals surface area contributed by atoms with Crippen molar-refractivity contribution in [1.29, 1.82) is 0 Å². The van der Waals surface area contributed by atoms with Crippen molar-refractivity contribution in [1.82, 2.24) is 10.2 Å². The number of amides is 1. The van der Waals surface area contributed by atoms with Crippen LogP contribution in [0, 0.1) is 17.6 Å². The van der Waals surface area contributed by atoms with Gasteiger partial charge in [-0.1, -0.05) is 6.07 Å². The summed E-state index contributed by atoms with van der Waals surface area (Å²) in [5, 5.41) is 3.25. The Morgan fingerprint density at radius 3 is 2.85 bits per heavy atom. The molecule has 0 radical (unpaired) electrons. The van der Waals surface area contributed by atoms with Gasteiger partial charge in [-0.2, -0.15) is 0 Å². The Morgan fingerprint density at radius 1 is 1.35 bits per heavy atom. The summed E-state index contributed by atoms with van der Waals surface area (Å²) in [6, 6.07) is 4.13. The van der Waals surface area contributed by atoms with Crippen molar-refractivity contribution in [2.24, 2.45) is 5.92 Å². The van der Waals surface area contributed by atoms with Crippen molar-refractivity contribution < 1.29 is 13.6 Å². The van der Waals surface area contributed by atoms with E-state index in [2.05, 4.69) is 5.32 Å². The van der Waals surface area contributed by atoms with Gasteiger partial charge in [0.05, 0.1) is 0 Å². The SMILES string of the molecule is C[C@H]1CNCCN1C(=O)C1CC1c1ccc(F)c(F)c1. The third-order valence-corrected chi connectivity index (χ3v) is 4.26. The second-order valence-corrected chi connectivity index (χ2v) is 5.71. The highest BCUT2D eigenvalue weighted by atomic mass is 19.2. The third kappa shape index (κ3) is 2.42. The summed E-state index contributed by atoms with van der Waals surface area (Å²) in [7, 11) is 0. The number of nitrogens with zero attached hydrogens (tertiary/aromatic N) is 1. The zero-order valence-electron chi connectivity index (χ0n) is 11.4. The number of hydrogen-bond acceptors (Lipinski definition) is 2. The maximum atomic E-state index is 13.2. The molecule has 0 spiro atoms. The van der Waals surface area contributed by atoms with Crippen molar-refractivity contribution >= 4 is 5.91 Å². The summed E-state index contributed by atoms with van der Waals surface area (Å²) in [6.45, 7) is 4.38. The molecule has 1 heterocycles. The Balaban J connectivity index is 1.68. The second kappa shape index (κ2) is 5.13. The molecule has 1 aromatic rings. The molecular weight excluding hydrogens is 262 g/mol. The number of hydrogen-bond donors (Lipinski definition) is 1. The van der Waals surface area contributed by atoms with E-state index >= 15 is 0 Å². The fraction of sp³-hybridized carbons (Fsp3) is 0.533. The molecule has 1 amide bonds. The summed E-state index contributed by atoms with van der Waals surface area (Å²) in [5.41, 5.74) is 0.727. The van der Waals surface area contributed by atoms with Gasteiger partial charge in [0.15, 0.2) is 11.6 Å². The van der Waals surface area contributed by atoms with Crippen molar-refractivity contribution in [3.63, 3.8) is 0 Å². The minimum Gasteiger partial charge on any atom is -0.337 e. The molecule has 2 aliphatic rings. The molecule has 1 saturated heterocycles. The summed E-state index contributed by atoms with van der Waals surface area (Å²) < 4.78 is 26.2. The van der Waals surface area contributed by atoms with Gasteiger partial charge in [0, 0.05) is 31.6 Å². The molecule has 3 rings (SSSR count). The molecule has 5 heteroatoms. The molecule has 3 atom stereocenters. The topological polar surface area (TPSA) is 32.3 Å². The van der Waals surface area contributed by atoms with Crippen LogP contribution in [-0.4, -0.2) is 36.5 Å². The molecule has 2 fully saturated rings. The van der Waals surface area contributed by atoms with Crippen LogP contribution >= 0.6 is 0 Å². The monoisotopic (exact) mass is 280 g/mol. The summed E-state index contributed by atoms with van der Waals surface area (Å²) in [4.78, 5) is 14.3. The van der Waals surface area contributed by atoms with Gasteiger partial charge in [0.1, 0.15) is 0 Å². The fourth-order valence-corrected chi connectivity index (χ4v) is 2.96. The van der Waals surface area contributed by atoms with E-state index in [4.69, 9.17) is 0 Å². The van der Waals surface area contributed by atoms with E-state index in [0.29, 0.717) is 0 Å². The molecule has 1 N–H and O–H groups in total. The Kier molecular flexibility index (Phi) is 3.46. The highest BCUT2D eigenvalue weighted by Crippen LogP contribution is 2.48. The van der Waals surface area contributed by atoms with Crippen LogP contribution in [-0.2, 0) is 4.79 Å². The van der Waals surface area contributed by atoms with Crippen LogP contribution < -0.4 is 5.32 Å². The van der Waals surface area contributed by atoms with Gasteiger partial charge in [-0.3, -0.25) is 4.79 Å². The first kappa shape index (κ1) is 13.5. The molecule has 1 aromatic carbocycles.